The summed E-state index contributed by atoms with van der Waals surface area (Å²) < 4.78 is 0. The second-order valence-corrected chi connectivity index (χ2v) is 15.6. The topological polar surface area (TPSA) is 0 Å². The lowest BCUT2D eigenvalue weighted by molar-refractivity contribution is 0.661. The minimum absolute atomic E-state index is 0.0377. The van der Waals surface area contributed by atoms with E-state index in [2.05, 4.69) is 208 Å². The molecule has 0 spiro atoms. The van der Waals surface area contributed by atoms with Crippen LogP contribution >= 0.6 is 0 Å². The molecule has 1 aliphatic carbocycles. The Morgan fingerprint density at radius 3 is 1.71 bits per heavy atom. The summed E-state index contributed by atoms with van der Waals surface area (Å²) in [5, 5.41) is 10.2. The molecule has 10 aromatic carbocycles. The van der Waals surface area contributed by atoms with Gasteiger partial charge in [-0.25, -0.2) is 0 Å². The van der Waals surface area contributed by atoms with E-state index in [0.29, 0.717) is 0 Å². The Morgan fingerprint density at radius 1 is 0.291 bits per heavy atom. The van der Waals surface area contributed by atoms with Crippen molar-refractivity contribution in [3.05, 3.63) is 205 Å². The number of hydrogen-bond donors (Lipinski definition) is 0. The third-order valence-corrected chi connectivity index (χ3v) is 12.2. The van der Waals surface area contributed by atoms with Gasteiger partial charge in [-0.1, -0.05) is 184 Å². The second-order valence-electron chi connectivity index (χ2n) is 15.6. The van der Waals surface area contributed by atoms with Gasteiger partial charge < -0.3 is 0 Å². The molecular weight excluding hydrogens is 661 g/mol. The summed E-state index contributed by atoms with van der Waals surface area (Å²) in [4.78, 5) is 0. The summed E-state index contributed by atoms with van der Waals surface area (Å²) in [7, 11) is 0. The smallest absolute Gasteiger partial charge is 0.0159 e. The molecule has 258 valence electrons. The Kier molecular flexibility index (Phi) is 7.00. The quantitative estimate of drug-likeness (QED) is 0.127. The highest BCUT2D eigenvalue weighted by molar-refractivity contribution is 6.28. The molecule has 0 saturated carbocycles. The first-order valence-corrected chi connectivity index (χ1v) is 19.3. The molecule has 0 radical (unpaired) electrons. The van der Waals surface area contributed by atoms with Gasteiger partial charge in [0.05, 0.1) is 0 Å². The van der Waals surface area contributed by atoms with Crippen LogP contribution in [-0.2, 0) is 5.41 Å². The molecular formula is C55H38. The summed E-state index contributed by atoms with van der Waals surface area (Å²) in [6.45, 7) is 4.72. The van der Waals surface area contributed by atoms with Crippen molar-refractivity contribution in [3.63, 3.8) is 0 Å². The van der Waals surface area contributed by atoms with E-state index in [1.165, 1.54) is 110 Å². The second kappa shape index (κ2) is 12.1. The van der Waals surface area contributed by atoms with E-state index in [-0.39, 0.29) is 5.41 Å². The zero-order chi connectivity index (χ0) is 36.7. The molecule has 10 aromatic rings. The third kappa shape index (κ3) is 4.85. The summed E-state index contributed by atoms with van der Waals surface area (Å²) in [5.74, 6) is 0. The van der Waals surface area contributed by atoms with E-state index in [1.807, 2.05) is 0 Å². The molecule has 0 aromatic heterocycles. The molecule has 0 unspecified atom stereocenters. The largest absolute Gasteiger partial charge is 0.0622 e. The van der Waals surface area contributed by atoms with Crippen molar-refractivity contribution >= 4 is 43.1 Å². The Hall–Kier alpha value is -6.76. The number of fused-ring (bicyclic) bond motifs is 8. The van der Waals surface area contributed by atoms with Crippen LogP contribution in [0.1, 0.15) is 25.0 Å². The number of hydrogen-bond acceptors (Lipinski definition) is 0. The average Bonchev–Trinajstić information content (AvgIpc) is 3.47. The monoisotopic (exact) mass is 698 g/mol. The maximum Gasteiger partial charge on any atom is 0.0159 e. The third-order valence-electron chi connectivity index (χ3n) is 12.2. The Labute approximate surface area is 322 Å². The first kappa shape index (κ1) is 31.7. The van der Waals surface area contributed by atoms with Crippen LogP contribution in [0.2, 0.25) is 0 Å². The van der Waals surface area contributed by atoms with Crippen molar-refractivity contribution in [2.24, 2.45) is 0 Å². The lowest BCUT2D eigenvalue weighted by Crippen LogP contribution is -2.14. The van der Waals surface area contributed by atoms with Gasteiger partial charge in [-0.2, -0.15) is 0 Å². The fraction of sp³-hybridized carbons (Fsp3) is 0.0545. The minimum Gasteiger partial charge on any atom is -0.0622 e. The van der Waals surface area contributed by atoms with Gasteiger partial charge in [0.25, 0.3) is 0 Å². The van der Waals surface area contributed by atoms with Crippen molar-refractivity contribution in [1.82, 2.24) is 0 Å². The maximum atomic E-state index is 2.44. The molecule has 1 aliphatic rings. The van der Waals surface area contributed by atoms with Crippen molar-refractivity contribution < 1.29 is 0 Å². The van der Waals surface area contributed by atoms with Crippen LogP contribution in [0.3, 0.4) is 0 Å². The summed E-state index contributed by atoms with van der Waals surface area (Å²) in [5.41, 5.74) is 15.4. The molecule has 0 heterocycles. The molecule has 0 bridgehead atoms. The van der Waals surface area contributed by atoms with Gasteiger partial charge in [0, 0.05) is 5.41 Å². The molecule has 0 heteroatoms. The summed E-state index contributed by atoms with van der Waals surface area (Å²) >= 11 is 0. The van der Waals surface area contributed by atoms with Crippen molar-refractivity contribution in [2.45, 2.75) is 19.3 Å². The molecule has 0 atom stereocenters. The lowest BCUT2D eigenvalue weighted by Gasteiger charge is -2.22. The van der Waals surface area contributed by atoms with E-state index in [1.54, 1.807) is 0 Å². The Balaban J connectivity index is 1.18. The van der Waals surface area contributed by atoms with Crippen molar-refractivity contribution in [2.75, 3.05) is 0 Å². The zero-order valence-electron chi connectivity index (χ0n) is 31.0. The summed E-state index contributed by atoms with van der Waals surface area (Å²) in [6.07, 6.45) is 0. The molecule has 0 N–H and O–H groups in total. The van der Waals surface area contributed by atoms with Crippen molar-refractivity contribution in [3.8, 4) is 55.6 Å². The van der Waals surface area contributed by atoms with Gasteiger partial charge in [-0.3, -0.25) is 0 Å². The van der Waals surface area contributed by atoms with Gasteiger partial charge in [0.15, 0.2) is 0 Å². The number of rotatable bonds is 4. The Bertz CT molecular complexity index is 3150. The molecule has 0 amide bonds. The van der Waals surface area contributed by atoms with Crippen LogP contribution in [0, 0.1) is 0 Å². The molecule has 0 saturated heterocycles. The van der Waals surface area contributed by atoms with Gasteiger partial charge in [0.2, 0.25) is 0 Å². The van der Waals surface area contributed by atoms with E-state index >= 15 is 0 Å². The lowest BCUT2D eigenvalue weighted by atomic mass is 9.81. The van der Waals surface area contributed by atoms with E-state index in [9.17, 15) is 0 Å². The predicted octanol–water partition coefficient (Wildman–Crippen LogP) is 15.3. The van der Waals surface area contributed by atoms with Crippen molar-refractivity contribution in [1.29, 1.82) is 0 Å². The van der Waals surface area contributed by atoms with Crippen LogP contribution in [0.15, 0.2) is 194 Å². The van der Waals surface area contributed by atoms with Crippen LogP contribution in [-0.4, -0.2) is 0 Å². The van der Waals surface area contributed by atoms with Gasteiger partial charge in [-0.15, -0.1) is 0 Å². The van der Waals surface area contributed by atoms with Crippen LogP contribution < -0.4 is 0 Å². The predicted molar refractivity (Wildman–Crippen MR) is 236 cm³/mol. The average molecular weight is 699 g/mol. The zero-order valence-corrected chi connectivity index (χ0v) is 31.0. The van der Waals surface area contributed by atoms with E-state index in [4.69, 9.17) is 0 Å². The van der Waals surface area contributed by atoms with E-state index < -0.39 is 0 Å². The Morgan fingerprint density at radius 2 is 0.909 bits per heavy atom. The molecule has 0 nitrogen and oxygen atoms in total. The first-order chi connectivity index (χ1) is 27.0. The SMILES string of the molecule is CC1(C)c2ccccc2-c2cc3ccc(-c4ccc(-c5c6ccccc6c(-c6ccccc6)c6ccc7ccccc7c56)c(-c5ccccc5)c4)cc3cc21. The molecule has 55 heavy (non-hydrogen) atoms. The highest BCUT2D eigenvalue weighted by Gasteiger charge is 2.35. The fourth-order valence-corrected chi connectivity index (χ4v) is 9.57. The first-order valence-electron chi connectivity index (χ1n) is 19.3. The molecule has 11 rings (SSSR count). The van der Waals surface area contributed by atoms with Gasteiger partial charge in [0.1, 0.15) is 0 Å². The van der Waals surface area contributed by atoms with Crippen LogP contribution in [0.4, 0.5) is 0 Å². The highest BCUT2D eigenvalue weighted by atomic mass is 14.4. The number of benzene rings is 10. The standard InChI is InChI=1S/C55H38/c1-55(2)50-24-14-13-21-43(50)49-33-40-26-25-38(31-41(40)34-51(49)55)39-28-29-46(48(32-39)35-15-5-3-6-16-35)54-45-23-12-11-22-44(45)52(37-18-7-4-8-19-37)47-30-27-36-17-9-10-20-42(36)53(47)54/h3-34H,1-2H3. The highest BCUT2D eigenvalue weighted by Crippen LogP contribution is 2.51. The minimum atomic E-state index is -0.0377. The van der Waals surface area contributed by atoms with Crippen LogP contribution in [0.5, 0.6) is 0 Å². The normalized spacial score (nSPS) is 13.1. The molecule has 0 fully saturated rings. The maximum absolute atomic E-state index is 2.44. The molecule has 0 aliphatic heterocycles. The van der Waals surface area contributed by atoms with Gasteiger partial charge >= 0.3 is 0 Å². The van der Waals surface area contributed by atoms with Crippen LogP contribution in [0.25, 0.3) is 98.7 Å². The summed E-state index contributed by atoms with van der Waals surface area (Å²) in [6, 6.07) is 72.3. The fourth-order valence-electron chi connectivity index (χ4n) is 9.57. The van der Waals surface area contributed by atoms with E-state index in [0.717, 1.165) is 0 Å². The van der Waals surface area contributed by atoms with Gasteiger partial charge in [-0.05, 0) is 134 Å².